The molecule has 2 aliphatic rings. The van der Waals surface area contributed by atoms with Crippen LogP contribution < -0.4 is 21.3 Å². The van der Waals surface area contributed by atoms with E-state index in [1.54, 1.807) is 0 Å². The van der Waals surface area contributed by atoms with Crippen LogP contribution in [0, 0.1) is 13.8 Å². The summed E-state index contributed by atoms with van der Waals surface area (Å²) < 4.78 is 2.50. The summed E-state index contributed by atoms with van der Waals surface area (Å²) in [5, 5.41) is 3.92. The second-order valence-electron chi connectivity index (χ2n) is 10.3. The summed E-state index contributed by atoms with van der Waals surface area (Å²) in [4.78, 5) is 2.42. The number of para-hydroxylation sites is 2. The lowest BCUT2D eigenvalue weighted by atomic mass is 9.33. The molecule has 2 aliphatic heterocycles. The Morgan fingerprint density at radius 3 is 2.31 bits per heavy atom. The van der Waals surface area contributed by atoms with Crippen LogP contribution in [0.3, 0.4) is 0 Å². The van der Waals surface area contributed by atoms with Crippen molar-refractivity contribution >= 4 is 56.2 Å². The van der Waals surface area contributed by atoms with E-state index < -0.39 is 0 Å². The molecular weight excluding hydrogens is 435 g/mol. The van der Waals surface area contributed by atoms with Crippen LogP contribution in [0.2, 0.25) is 0 Å². The molecule has 0 saturated heterocycles. The smallest absolute Gasteiger partial charge is 0.252 e. The van der Waals surface area contributed by atoms with Crippen LogP contribution in [0.15, 0.2) is 97.1 Å². The number of nitrogens with zero attached hydrogens (tertiary/aromatic N) is 2. The number of benzene rings is 5. The van der Waals surface area contributed by atoms with Crippen molar-refractivity contribution in [2.45, 2.75) is 13.8 Å². The number of anilines is 2. The number of fused-ring (bicyclic) bond motifs is 5. The number of hydrogen-bond donors (Lipinski definition) is 0. The Morgan fingerprint density at radius 2 is 1.42 bits per heavy atom. The second kappa shape index (κ2) is 6.92. The summed E-state index contributed by atoms with van der Waals surface area (Å²) in [5.74, 6) is 0. The minimum absolute atomic E-state index is 0.215. The van der Waals surface area contributed by atoms with Gasteiger partial charge in [0.2, 0.25) is 0 Å². The van der Waals surface area contributed by atoms with E-state index in [-0.39, 0.29) is 6.71 Å². The molecule has 5 aromatic carbocycles. The van der Waals surface area contributed by atoms with Gasteiger partial charge in [-0.05, 0) is 70.3 Å². The average Bonchev–Trinajstić information content (AvgIpc) is 3.18. The normalized spacial score (nSPS) is 13.3. The van der Waals surface area contributed by atoms with Gasteiger partial charge < -0.3 is 9.47 Å². The van der Waals surface area contributed by atoms with Crippen LogP contribution >= 0.6 is 0 Å². The van der Waals surface area contributed by atoms with E-state index in [0.29, 0.717) is 0 Å². The molecular formula is C33H25BN2. The predicted octanol–water partition coefficient (Wildman–Crippen LogP) is 5.98. The summed E-state index contributed by atoms with van der Waals surface area (Å²) in [7, 11) is 2.24. The fourth-order valence-electron chi connectivity index (χ4n) is 6.86. The fraction of sp³-hybridized carbons (Fsp3) is 0.0909. The predicted molar refractivity (Wildman–Crippen MR) is 155 cm³/mol. The Balaban J connectivity index is 1.47. The van der Waals surface area contributed by atoms with Crippen LogP contribution in [0.25, 0.3) is 38.5 Å². The zero-order chi connectivity index (χ0) is 24.1. The molecule has 3 heteroatoms. The van der Waals surface area contributed by atoms with Gasteiger partial charge in [-0.2, -0.15) is 0 Å². The van der Waals surface area contributed by atoms with E-state index >= 15 is 0 Å². The van der Waals surface area contributed by atoms with Gasteiger partial charge in [-0.3, -0.25) is 0 Å². The van der Waals surface area contributed by atoms with Gasteiger partial charge in [0.05, 0.1) is 0 Å². The summed E-state index contributed by atoms with van der Waals surface area (Å²) in [6.45, 7) is 4.74. The van der Waals surface area contributed by atoms with E-state index in [1.807, 2.05) is 0 Å². The molecule has 3 heterocycles. The molecule has 0 spiro atoms. The fourth-order valence-corrected chi connectivity index (χ4v) is 6.86. The Bertz CT molecular complexity index is 1890. The van der Waals surface area contributed by atoms with Crippen LogP contribution in [0.5, 0.6) is 0 Å². The summed E-state index contributed by atoms with van der Waals surface area (Å²) in [6, 6.07) is 36.1. The molecule has 6 aromatic rings. The summed E-state index contributed by atoms with van der Waals surface area (Å²) in [6.07, 6.45) is 0. The largest absolute Gasteiger partial charge is 0.345 e. The number of aromatic nitrogens is 1. The number of hydrogen-bond acceptors (Lipinski definition) is 1. The maximum absolute atomic E-state index is 2.50. The second-order valence-corrected chi connectivity index (χ2v) is 10.3. The highest BCUT2D eigenvalue weighted by Gasteiger charge is 2.41. The van der Waals surface area contributed by atoms with E-state index in [0.717, 1.165) is 0 Å². The summed E-state index contributed by atoms with van der Waals surface area (Å²) in [5.41, 5.74) is 14.8. The van der Waals surface area contributed by atoms with Gasteiger partial charge in [-0.1, -0.05) is 78.9 Å². The number of aryl methyl sites for hydroxylation is 1. The first kappa shape index (κ1) is 20.0. The lowest BCUT2D eigenvalue weighted by Crippen LogP contribution is -2.60. The van der Waals surface area contributed by atoms with E-state index in [1.165, 1.54) is 77.5 Å². The van der Waals surface area contributed by atoms with Gasteiger partial charge in [0.15, 0.2) is 0 Å². The molecule has 0 fully saturated rings. The molecule has 0 bridgehead atoms. The topological polar surface area (TPSA) is 8.17 Å². The highest BCUT2D eigenvalue weighted by Crippen LogP contribution is 2.40. The van der Waals surface area contributed by atoms with Crippen LogP contribution in [0.1, 0.15) is 11.3 Å². The Hall–Kier alpha value is -4.24. The maximum Gasteiger partial charge on any atom is 0.252 e. The van der Waals surface area contributed by atoms with Gasteiger partial charge in [0.25, 0.3) is 6.71 Å². The standard InChI is InChI=1S/C33H25BN2/c1-20-21(2)36-30-16-8-15-29-31(30)34(28-14-6-11-25(20)33(28)36)27-13-7-12-26(32(27)35(29)3)24-18-17-22-9-4-5-10-23(22)19-24/h4-19H,1-3H3. The van der Waals surface area contributed by atoms with Crippen molar-refractivity contribution in [3.63, 3.8) is 0 Å². The molecule has 36 heavy (non-hydrogen) atoms. The van der Waals surface area contributed by atoms with Crippen molar-refractivity contribution in [3.8, 4) is 16.8 Å². The third kappa shape index (κ3) is 2.38. The maximum atomic E-state index is 2.50. The Kier molecular flexibility index (Phi) is 3.85. The monoisotopic (exact) mass is 460 g/mol. The third-order valence-electron chi connectivity index (χ3n) is 8.61. The molecule has 2 nitrogen and oxygen atoms in total. The van der Waals surface area contributed by atoms with Crippen molar-refractivity contribution in [1.82, 2.24) is 4.57 Å². The van der Waals surface area contributed by atoms with Gasteiger partial charge in [-0.15, -0.1) is 0 Å². The first-order valence-electron chi connectivity index (χ1n) is 12.7. The minimum Gasteiger partial charge on any atom is -0.345 e. The van der Waals surface area contributed by atoms with Crippen molar-refractivity contribution in [2.24, 2.45) is 0 Å². The molecule has 0 amide bonds. The lowest BCUT2D eigenvalue weighted by molar-refractivity contribution is 1.04. The van der Waals surface area contributed by atoms with Gasteiger partial charge in [0.1, 0.15) is 0 Å². The molecule has 0 aliphatic carbocycles. The zero-order valence-corrected chi connectivity index (χ0v) is 20.7. The minimum atomic E-state index is 0.215. The SMILES string of the molecule is Cc1c(C)n2c3c(cccc13)B1c3cccc(-c4ccc5ccccc5c4)c3N(C)c3cccc-2c31. The highest BCUT2D eigenvalue weighted by atomic mass is 15.1. The molecule has 0 atom stereocenters. The van der Waals surface area contributed by atoms with E-state index in [9.17, 15) is 0 Å². The third-order valence-corrected chi connectivity index (χ3v) is 8.61. The van der Waals surface area contributed by atoms with Crippen LogP contribution in [0.4, 0.5) is 11.4 Å². The average molecular weight is 460 g/mol. The molecule has 0 saturated carbocycles. The zero-order valence-electron chi connectivity index (χ0n) is 20.7. The lowest BCUT2D eigenvalue weighted by Gasteiger charge is -2.39. The molecule has 0 unspecified atom stereocenters. The highest BCUT2D eigenvalue weighted by molar-refractivity contribution is 7.00. The molecule has 0 radical (unpaired) electrons. The van der Waals surface area contributed by atoms with Crippen LogP contribution in [-0.4, -0.2) is 18.3 Å². The Morgan fingerprint density at radius 1 is 0.667 bits per heavy atom. The first-order chi connectivity index (χ1) is 17.6. The van der Waals surface area contributed by atoms with Crippen molar-refractivity contribution in [3.05, 3.63) is 108 Å². The van der Waals surface area contributed by atoms with Crippen LogP contribution in [-0.2, 0) is 0 Å². The van der Waals surface area contributed by atoms with Gasteiger partial charge >= 0.3 is 0 Å². The van der Waals surface area contributed by atoms with E-state index in [2.05, 4.69) is 127 Å². The molecule has 0 N–H and O–H groups in total. The molecule has 170 valence electrons. The summed E-state index contributed by atoms with van der Waals surface area (Å²) >= 11 is 0. The quantitative estimate of drug-likeness (QED) is 0.274. The molecule has 8 rings (SSSR count). The van der Waals surface area contributed by atoms with E-state index in [4.69, 9.17) is 0 Å². The van der Waals surface area contributed by atoms with Crippen molar-refractivity contribution in [2.75, 3.05) is 11.9 Å². The van der Waals surface area contributed by atoms with Gasteiger partial charge in [-0.25, -0.2) is 0 Å². The Labute approximate surface area is 211 Å². The first-order valence-corrected chi connectivity index (χ1v) is 12.7. The van der Waals surface area contributed by atoms with Crippen molar-refractivity contribution in [1.29, 1.82) is 0 Å². The van der Waals surface area contributed by atoms with Crippen molar-refractivity contribution < 1.29 is 0 Å². The number of rotatable bonds is 1. The molecule has 1 aromatic heterocycles. The van der Waals surface area contributed by atoms with Gasteiger partial charge in [0, 0.05) is 46.3 Å².